The zero-order valence-corrected chi connectivity index (χ0v) is 21.1. The largest absolute Gasteiger partial charge is 0.481 e. The molecule has 6 rings (SSSR count). The highest BCUT2D eigenvalue weighted by atomic mass is 32.2. The highest BCUT2D eigenvalue weighted by molar-refractivity contribution is 8.00. The van der Waals surface area contributed by atoms with Gasteiger partial charge in [-0.1, -0.05) is 23.5 Å². The molecule has 3 fully saturated rings. The van der Waals surface area contributed by atoms with Gasteiger partial charge in [0.1, 0.15) is 0 Å². The van der Waals surface area contributed by atoms with Crippen LogP contribution < -0.4 is 9.77 Å². The number of hydrogen-bond acceptors (Lipinski definition) is 7. The molecule has 0 radical (unpaired) electrons. The van der Waals surface area contributed by atoms with Gasteiger partial charge in [-0.2, -0.15) is 0 Å². The fraction of sp³-hybridized carbons (Fsp3) is 0.520. The molecular formula is C25H27N3O5S2. The minimum absolute atomic E-state index is 0.0105. The van der Waals surface area contributed by atoms with E-state index in [-0.39, 0.29) is 76.8 Å². The number of hydrogen-bond donors (Lipinski definition) is 2. The van der Waals surface area contributed by atoms with Gasteiger partial charge in [0.15, 0.2) is 0 Å². The molecule has 4 aliphatic rings. The Bertz CT molecular complexity index is 1270. The number of thiazole rings is 1. The van der Waals surface area contributed by atoms with Crippen LogP contribution in [-0.2, 0) is 14.4 Å². The lowest BCUT2D eigenvalue weighted by atomic mass is 9.68. The first-order chi connectivity index (χ1) is 16.8. The Morgan fingerprint density at radius 2 is 1.80 bits per heavy atom. The van der Waals surface area contributed by atoms with Gasteiger partial charge in [-0.25, -0.2) is 0 Å². The van der Waals surface area contributed by atoms with Gasteiger partial charge in [-0.05, 0) is 48.3 Å². The van der Waals surface area contributed by atoms with Crippen LogP contribution in [0.3, 0.4) is 0 Å². The third kappa shape index (κ3) is 3.40. The van der Waals surface area contributed by atoms with Crippen LogP contribution in [0.1, 0.15) is 35.6 Å². The maximum absolute atomic E-state index is 13.4. The first kappa shape index (κ1) is 22.8. The first-order valence-corrected chi connectivity index (χ1v) is 13.7. The van der Waals surface area contributed by atoms with Crippen LogP contribution in [0.5, 0.6) is 0 Å². The minimum atomic E-state index is -0.921. The summed E-state index contributed by atoms with van der Waals surface area (Å²) < 4.78 is 0. The second kappa shape index (κ2) is 8.23. The maximum Gasteiger partial charge on any atom is 0.305 e. The Morgan fingerprint density at radius 3 is 2.46 bits per heavy atom. The average Bonchev–Trinajstić information content (AvgIpc) is 3.54. The highest BCUT2D eigenvalue weighted by Gasteiger charge is 2.69. The van der Waals surface area contributed by atoms with E-state index in [2.05, 4.69) is 29.2 Å². The van der Waals surface area contributed by atoms with Crippen molar-refractivity contribution in [2.24, 2.45) is 29.6 Å². The molecule has 2 bridgehead atoms. The Morgan fingerprint density at radius 1 is 1.11 bits per heavy atom. The molecule has 0 unspecified atom stereocenters. The molecular weight excluding hydrogens is 486 g/mol. The van der Waals surface area contributed by atoms with Crippen molar-refractivity contribution in [1.29, 1.82) is 0 Å². The number of carboxylic acids is 1. The number of carboxylic acid groups (broad SMARTS) is 1. The summed E-state index contributed by atoms with van der Waals surface area (Å²) in [5, 5.41) is 10.0. The van der Waals surface area contributed by atoms with E-state index >= 15 is 0 Å². The number of aromatic amines is 1. The van der Waals surface area contributed by atoms with E-state index in [4.69, 9.17) is 5.11 Å². The second-order valence-electron chi connectivity index (χ2n) is 10.3. The summed E-state index contributed by atoms with van der Waals surface area (Å²) in [6.45, 7) is 0.176. The summed E-state index contributed by atoms with van der Waals surface area (Å²) in [5.74, 6) is -1.50. The summed E-state index contributed by atoms with van der Waals surface area (Å²) in [7, 11) is 4.00. The number of benzene rings is 1. The predicted molar refractivity (Wildman–Crippen MR) is 133 cm³/mol. The molecule has 1 saturated heterocycles. The molecule has 8 nitrogen and oxygen atoms in total. The predicted octanol–water partition coefficient (Wildman–Crippen LogP) is 2.84. The Hall–Kier alpha value is -2.59. The van der Waals surface area contributed by atoms with Crippen LogP contribution in [-0.4, -0.2) is 58.7 Å². The zero-order valence-electron chi connectivity index (χ0n) is 19.5. The smallest absolute Gasteiger partial charge is 0.305 e. The van der Waals surface area contributed by atoms with Gasteiger partial charge >= 0.3 is 10.8 Å². The van der Waals surface area contributed by atoms with Crippen LogP contribution in [0.25, 0.3) is 0 Å². The highest BCUT2D eigenvalue weighted by Crippen LogP contribution is 2.68. The molecule has 2 saturated carbocycles. The molecule has 0 spiro atoms. The Kier molecular flexibility index (Phi) is 5.37. The van der Waals surface area contributed by atoms with Crippen LogP contribution in [0.4, 0.5) is 5.69 Å². The number of aromatic nitrogens is 1. The summed E-state index contributed by atoms with van der Waals surface area (Å²) in [4.78, 5) is 57.4. The van der Waals surface area contributed by atoms with Crippen molar-refractivity contribution in [1.82, 2.24) is 9.88 Å². The number of nitrogens with one attached hydrogen (secondary N) is 1. The number of anilines is 1. The maximum atomic E-state index is 13.4. The van der Waals surface area contributed by atoms with Crippen molar-refractivity contribution in [3.8, 4) is 0 Å². The number of amides is 2. The number of aliphatic carboxylic acids is 1. The fourth-order valence-corrected chi connectivity index (χ4v) is 9.93. The number of nitrogens with zero attached hydrogens (tertiary/aromatic N) is 2. The van der Waals surface area contributed by atoms with Crippen LogP contribution in [0, 0.1) is 29.6 Å². The zero-order chi connectivity index (χ0) is 24.6. The number of likely N-dealkylation sites (tertiary alicyclic amines) is 1. The SMILES string of the molecule is CN(C)c1ccc([C@H]2c3sc(=O)[nH]c3S[C@@H]3[C@H]4C[C@@H]([C@@H]5C(=O)N(CCCC(=O)O)C(=O)[C@H]45)[C@@H]23)cc1. The molecule has 184 valence electrons. The van der Waals surface area contributed by atoms with Crippen molar-refractivity contribution in [2.75, 3.05) is 25.5 Å². The summed E-state index contributed by atoms with van der Waals surface area (Å²) in [5.41, 5.74) is 2.24. The van der Waals surface area contributed by atoms with Gasteiger partial charge in [0.2, 0.25) is 11.8 Å². The molecule has 35 heavy (non-hydrogen) atoms. The van der Waals surface area contributed by atoms with E-state index < -0.39 is 5.97 Å². The lowest BCUT2D eigenvalue weighted by Crippen LogP contribution is -2.42. The van der Waals surface area contributed by atoms with Crippen molar-refractivity contribution in [3.05, 3.63) is 44.4 Å². The normalized spacial score (nSPS) is 32.5. The number of carbonyl (C=O) groups is 3. The van der Waals surface area contributed by atoms with Crippen LogP contribution in [0.2, 0.25) is 0 Å². The summed E-state index contributed by atoms with van der Waals surface area (Å²) in [6, 6.07) is 8.44. The molecule has 7 atom stereocenters. The lowest BCUT2D eigenvalue weighted by Gasteiger charge is -2.43. The molecule has 10 heteroatoms. The van der Waals surface area contributed by atoms with Crippen molar-refractivity contribution in [3.63, 3.8) is 0 Å². The van der Waals surface area contributed by atoms with Crippen molar-refractivity contribution in [2.45, 2.75) is 35.5 Å². The van der Waals surface area contributed by atoms with E-state index in [0.29, 0.717) is 0 Å². The number of carbonyl (C=O) groups excluding carboxylic acids is 2. The van der Waals surface area contributed by atoms with E-state index in [1.807, 2.05) is 19.0 Å². The van der Waals surface area contributed by atoms with E-state index in [1.54, 1.807) is 11.8 Å². The number of rotatable bonds is 6. The second-order valence-corrected chi connectivity index (χ2v) is 12.5. The van der Waals surface area contributed by atoms with Gasteiger partial charge in [0, 0.05) is 48.8 Å². The van der Waals surface area contributed by atoms with Crippen molar-refractivity contribution < 1.29 is 19.5 Å². The lowest BCUT2D eigenvalue weighted by molar-refractivity contribution is -0.142. The van der Waals surface area contributed by atoms with Crippen LogP contribution >= 0.6 is 23.1 Å². The summed E-state index contributed by atoms with van der Waals surface area (Å²) >= 11 is 2.94. The first-order valence-electron chi connectivity index (χ1n) is 12.0. The van der Waals surface area contributed by atoms with E-state index in [1.165, 1.54) is 16.2 Å². The topological polar surface area (TPSA) is 111 Å². The van der Waals surface area contributed by atoms with Gasteiger partial charge in [0.05, 0.1) is 16.9 Å². The molecule has 2 aliphatic heterocycles. The Labute approximate surface area is 210 Å². The fourth-order valence-electron chi connectivity index (χ4n) is 7.04. The molecule has 1 aromatic heterocycles. The van der Waals surface area contributed by atoms with Gasteiger partial charge in [0.25, 0.3) is 0 Å². The molecule has 2 N–H and O–H groups in total. The molecule has 3 heterocycles. The molecule has 2 aliphatic carbocycles. The van der Waals surface area contributed by atoms with Crippen molar-refractivity contribution >= 4 is 46.6 Å². The number of thioether (sulfide) groups is 1. The number of fused-ring (bicyclic) bond motifs is 9. The third-order valence-electron chi connectivity index (χ3n) is 8.36. The standard InChI is InChI=1S/C25H27N3O5S2/c1-27(2)12-7-5-11(6-8-12)16-17-13-10-14(20(17)34-22-21(16)35-25(33)26-22)19-18(13)23(31)28(24(19)32)9-3-4-15(29)30/h5-8,13-14,16-20H,3-4,9-10H2,1-2H3,(H,26,33)(H,29,30)/t13-,14+,16-,17+,18+,19-,20-/m1/s1. The molecule has 1 aromatic carbocycles. The molecule has 2 amide bonds. The van der Waals surface area contributed by atoms with Crippen LogP contribution in [0.15, 0.2) is 34.1 Å². The van der Waals surface area contributed by atoms with E-state index in [0.717, 1.165) is 27.6 Å². The third-order valence-corrected chi connectivity index (χ3v) is 10.9. The van der Waals surface area contributed by atoms with Gasteiger partial charge < -0.3 is 15.0 Å². The number of H-pyrrole nitrogens is 1. The monoisotopic (exact) mass is 513 g/mol. The number of imide groups is 1. The van der Waals surface area contributed by atoms with Gasteiger partial charge in [-0.15, -0.1) is 11.8 Å². The quantitative estimate of drug-likeness (QED) is 0.572. The van der Waals surface area contributed by atoms with Gasteiger partial charge in [-0.3, -0.25) is 24.1 Å². The van der Waals surface area contributed by atoms with E-state index in [9.17, 15) is 19.2 Å². The summed E-state index contributed by atoms with van der Waals surface area (Å²) in [6.07, 6.45) is 1.07. The Balaban J connectivity index is 1.36. The molecule has 2 aromatic rings. The average molecular weight is 514 g/mol. The minimum Gasteiger partial charge on any atom is -0.481 e.